The number of allylic oxidation sites excluding steroid dienone is 6. The van der Waals surface area contributed by atoms with Crippen LogP contribution in [0.1, 0.15) is 41.7 Å². The summed E-state index contributed by atoms with van der Waals surface area (Å²) >= 11 is 0. The number of rotatable bonds is 6. The standard InChI is InChI=1S/C28H25NO2S.C13H11FO2S.C7H7ClO2S.C6H4F/c1-20-12-16-22(17-13-20)32(30,31)23-18-14-21(15-19-23)29-26-10-6-4-8-24(26)28(2,3)25-9-5-7-11-27(25)29;1-10-2-6-12(7-3-10)17(15,16)13-8-4-11(14)5-9-13;1-6-2-4-7(5-3-6)11(8,9)10;7-6-4-2-1-3-5-6/h4-19H,1-3H3;2-9H,1H3;2-5H,1H3;2-5H/q;;;+1. The summed E-state index contributed by atoms with van der Waals surface area (Å²) in [5.74, 6) is -0.661. The molecule has 0 spiro atoms. The van der Waals surface area contributed by atoms with Crippen molar-refractivity contribution in [2.75, 3.05) is 4.90 Å². The summed E-state index contributed by atoms with van der Waals surface area (Å²) in [6, 6.07) is 48.8. The molecule has 0 N–H and O–H groups in total. The van der Waals surface area contributed by atoms with Crippen LogP contribution in [0.25, 0.3) is 0 Å². The van der Waals surface area contributed by atoms with Crippen LogP contribution in [0, 0.1) is 32.7 Å². The maximum atomic E-state index is 13.1. The predicted molar refractivity (Wildman–Crippen MR) is 263 cm³/mol. The molecule has 1 aliphatic carbocycles. The molecule has 13 heteroatoms. The zero-order valence-corrected chi connectivity index (χ0v) is 40.4. The van der Waals surface area contributed by atoms with E-state index in [0.29, 0.717) is 9.79 Å². The first-order valence-corrected chi connectivity index (χ1v) is 26.1. The largest absolute Gasteiger partial charge is 0.310 e. The van der Waals surface area contributed by atoms with Gasteiger partial charge in [-0.25, -0.2) is 29.6 Å². The third-order valence-electron chi connectivity index (χ3n) is 10.8. The maximum Gasteiger partial charge on any atom is 0.261 e. The van der Waals surface area contributed by atoms with Crippen molar-refractivity contribution in [3.8, 4) is 0 Å². The van der Waals surface area contributed by atoms with Crippen molar-refractivity contribution < 1.29 is 34.0 Å². The highest BCUT2D eigenvalue weighted by Gasteiger charge is 2.36. The zero-order valence-electron chi connectivity index (χ0n) is 37.2. The van der Waals surface area contributed by atoms with Crippen molar-refractivity contribution in [2.45, 2.75) is 64.5 Å². The fourth-order valence-corrected chi connectivity index (χ4v) is 10.4. The molecule has 7 aromatic rings. The Morgan fingerprint density at radius 3 is 1.19 bits per heavy atom. The lowest BCUT2D eigenvalue weighted by Gasteiger charge is -2.42. The molecule has 0 saturated carbocycles. The van der Waals surface area contributed by atoms with Crippen molar-refractivity contribution in [2.24, 2.45) is 0 Å². The predicted octanol–water partition coefficient (Wildman–Crippen LogP) is 13.6. The molecule has 0 saturated heterocycles. The average Bonchev–Trinajstić information content (AvgIpc) is 3.31. The molecule has 0 amide bonds. The van der Waals surface area contributed by atoms with Gasteiger partial charge in [-0.05, 0) is 129 Å². The molecule has 0 bridgehead atoms. The van der Waals surface area contributed by atoms with E-state index < -0.39 is 34.5 Å². The van der Waals surface area contributed by atoms with Crippen LogP contribution < -0.4 is 4.90 Å². The monoisotopic (exact) mass is 974 g/mol. The van der Waals surface area contributed by atoms with Crippen LogP contribution in [0.4, 0.5) is 25.8 Å². The van der Waals surface area contributed by atoms with Crippen LogP contribution in [-0.2, 0) is 34.1 Å². The van der Waals surface area contributed by atoms with Crippen LogP contribution in [0.5, 0.6) is 0 Å². The van der Waals surface area contributed by atoms with E-state index >= 15 is 0 Å². The highest BCUT2D eigenvalue weighted by atomic mass is 35.7. The summed E-state index contributed by atoms with van der Waals surface area (Å²) in [5, 5.41) is 0. The molecule has 7 nitrogen and oxygen atoms in total. The number of sulfone groups is 2. The molecular weight excluding hydrogens is 928 g/mol. The number of para-hydroxylation sites is 2. The number of anilines is 3. The molecular formula is C54H47ClF2NO6S3+. The molecule has 0 unspecified atom stereocenters. The highest BCUT2D eigenvalue weighted by molar-refractivity contribution is 8.13. The molecule has 67 heavy (non-hydrogen) atoms. The summed E-state index contributed by atoms with van der Waals surface area (Å²) < 4.78 is 96.5. The summed E-state index contributed by atoms with van der Waals surface area (Å²) in [6.07, 6.45) is 8.49. The lowest BCUT2D eigenvalue weighted by atomic mass is 9.73. The highest BCUT2D eigenvalue weighted by Crippen LogP contribution is 2.51. The first-order valence-electron chi connectivity index (χ1n) is 20.8. The SMILES string of the molecule is Cc1ccc(S(=O)(=O)Cl)cc1.Cc1ccc(S(=O)(=O)c2ccc(F)cc2)cc1.Cc1ccc(S(=O)(=O)c2ccc(N3c4ccccc4C(C)(C)c4ccccc43)cc2)cc1.FC1=CC=[C+]C=C1. The average molecular weight is 976 g/mol. The molecule has 1 aliphatic heterocycles. The Balaban J connectivity index is 0.000000175. The van der Waals surface area contributed by atoms with Gasteiger partial charge in [0.15, 0.2) is 0 Å². The van der Waals surface area contributed by atoms with Gasteiger partial charge >= 0.3 is 0 Å². The molecule has 342 valence electrons. The van der Waals surface area contributed by atoms with E-state index in [-0.39, 0.29) is 25.9 Å². The Morgan fingerprint density at radius 1 is 0.493 bits per heavy atom. The van der Waals surface area contributed by atoms with Gasteiger partial charge in [0.05, 0.1) is 48.0 Å². The van der Waals surface area contributed by atoms with E-state index in [9.17, 15) is 34.0 Å². The van der Waals surface area contributed by atoms with Crippen LogP contribution in [0.15, 0.2) is 224 Å². The van der Waals surface area contributed by atoms with Gasteiger partial charge in [-0.15, -0.1) is 0 Å². The van der Waals surface area contributed by atoms with Crippen LogP contribution in [0.2, 0.25) is 0 Å². The zero-order chi connectivity index (χ0) is 48.6. The minimum absolute atomic E-state index is 0.0998. The maximum absolute atomic E-state index is 13.1. The molecule has 7 aromatic carbocycles. The second-order valence-corrected chi connectivity index (χ2v) is 22.5. The van der Waals surface area contributed by atoms with Gasteiger partial charge in [-0.3, -0.25) is 0 Å². The van der Waals surface area contributed by atoms with E-state index in [1.807, 2.05) is 57.2 Å². The van der Waals surface area contributed by atoms with Crippen molar-refractivity contribution in [3.05, 3.63) is 240 Å². The molecule has 0 atom stereocenters. The quantitative estimate of drug-likeness (QED) is 0.0928. The van der Waals surface area contributed by atoms with Crippen molar-refractivity contribution >= 4 is 56.5 Å². The number of hydrogen-bond acceptors (Lipinski definition) is 7. The van der Waals surface area contributed by atoms with Gasteiger partial charge in [0.2, 0.25) is 25.5 Å². The van der Waals surface area contributed by atoms with Crippen LogP contribution in [-0.4, -0.2) is 25.3 Å². The minimum Gasteiger partial charge on any atom is -0.310 e. The topological polar surface area (TPSA) is 106 Å². The van der Waals surface area contributed by atoms with Gasteiger partial charge in [-0.1, -0.05) is 103 Å². The second-order valence-electron chi connectivity index (χ2n) is 16.0. The number of fused-ring (bicyclic) bond motifs is 2. The third-order valence-corrected chi connectivity index (χ3v) is 15.7. The minimum atomic E-state index is -3.56. The second kappa shape index (κ2) is 21.0. The van der Waals surface area contributed by atoms with E-state index in [4.69, 9.17) is 10.7 Å². The Hall–Kier alpha value is -6.53. The Morgan fingerprint density at radius 2 is 0.851 bits per heavy atom. The summed E-state index contributed by atoms with van der Waals surface area (Å²) in [4.78, 5) is 3.29. The Labute approximate surface area is 397 Å². The Kier molecular flexibility index (Phi) is 15.6. The van der Waals surface area contributed by atoms with Crippen LogP contribution in [0.3, 0.4) is 0 Å². The first-order chi connectivity index (χ1) is 31.7. The van der Waals surface area contributed by atoms with Crippen molar-refractivity contribution in [3.63, 3.8) is 0 Å². The number of hydrogen-bond donors (Lipinski definition) is 0. The number of aryl methyl sites for hydroxylation is 3. The number of benzene rings is 7. The van der Waals surface area contributed by atoms with Crippen molar-refractivity contribution in [1.29, 1.82) is 0 Å². The normalized spacial score (nSPS) is 13.4. The van der Waals surface area contributed by atoms with Gasteiger partial charge in [-0.2, -0.15) is 4.39 Å². The number of halogens is 3. The third kappa shape index (κ3) is 12.1. The van der Waals surface area contributed by atoms with Gasteiger partial charge < -0.3 is 4.90 Å². The van der Waals surface area contributed by atoms with E-state index in [2.05, 4.69) is 61.2 Å². The van der Waals surface area contributed by atoms with Gasteiger partial charge in [0.1, 0.15) is 18.0 Å². The van der Waals surface area contributed by atoms with E-state index in [0.717, 1.165) is 45.9 Å². The summed E-state index contributed by atoms with van der Waals surface area (Å²) in [6.45, 7) is 10.2. The molecule has 0 fully saturated rings. The lowest BCUT2D eigenvalue weighted by Crippen LogP contribution is -2.30. The van der Waals surface area contributed by atoms with Gasteiger partial charge in [0.25, 0.3) is 9.05 Å². The summed E-state index contributed by atoms with van der Waals surface area (Å²) in [5.41, 5.74) is 8.56. The number of nitrogens with zero attached hydrogens (tertiary/aromatic N) is 1. The Bertz CT molecular complexity index is 3180. The fraction of sp³-hybridized carbons (Fsp3) is 0.111. The summed E-state index contributed by atoms with van der Waals surface area (Å²) in [7, 11) is -5.56. The molecule has 0 aromatic heterocycles. The van der Waals surface area contributed by atoms with Gasteiger partial charge in [0, 0.05) is 27.9 Å². The molecule has 1 heterocycles. The molecule has 9 rings (SSSR count). The molecule has 0 radical (unpaired) electrons. The molecule has 2 aliphatic rings. The van der Waals surface area contributed by atoms with E-state index in [1.54, 1.807) is 60.7 Å². The van der Waals surface area contributed by atoms with Crippen molar-refractivity contribution in [1.82, 2.24) is 0 Å². The first kappa shape index (κ1) is 49.9. The fourth-order valence-electron chi connectivity index (χ4n) is 7.11. The van der Waals surface area contributed by atoms with Crippen LogP contribution >= 0.6 is 10.7 Å². The van der Waals surface area contributed by atoms with E-state index in [1.165, 1.54) is 59.7 Å². The smallest absolute Gasteiger partial charge is 0.261 e. The lowest BCUT2D eigenvalue weighted by molar-refractivity contribution is 0.593.